The second kappa shape index (κ2) is 9.57. The van der Waals surface area contributed by atoms with E-state index in [0.29, 0.717) is 25.3 Å². The summed E-state index contributed by atoms with van der Waals surface area (Å²) < 4.78 is 19.1. The molecule has 0 N–H and O–H groups in total. The van der Waals surface area contributed by atoms with Gasteiger partial charge in [0.15, 0.2) is 11.5 Å². The second-order valence-corrected chi connectivity index (χ2v) is 9.42. The predicted octanol–water partition coefficient (Wildman–Crippen LogP) is 5.45. The van der Waals surface area contributed by atoms with Crippen molar-refractivity contribution in [3.63, 3.8) is 0 Å². The van der Waals surface area contributed by atoms with Crippen LogP contribution in [-0.4, -0.2) is 35.4 Å². The van der Waals surface area contributed by atoms with E-state index in [1.54, 1.807) is 0 Å². The molecule has 1 atom stereocenters. The summed E-state index contributed by atoms with van der Waals surface area (Å²) in [5.41, 5.74) is 4.14. The molecule has 0 spiro atoms. The van der Waals surface area contributed by atoms with Gasteiger partial charge in [0, 0.05) is 37.2 Å². The standard InChI is InChI=1S/C29H29N3O4/c1-20-8-11-23(12-9-20)34-15-5-4-14-31-25-7-3-2-6-24(25)30-29(31)21-16-28(33)32(18-21)22-10-13-26-27(17-22)36-19-35-26/h2-3,6-13,17,21H,4-5,14-16,18-19H2,1H3. The fraction of sp³-hybridized carbons (Fsp3) is 0.310. The molecule has 7 heteroatoms. The number of carbonyl (C=O) groups is 1. The van der Waals surface area contributed by atoms with Crippen LogP contribution in [0.25, 0.3) is 11.0 Å². The molecule has 36 heavy (non-hydrogen) atoms. The zero-order valence-corrected chi connectivity index (χ0v) is 20.4. The monoisotopic (exact) mass is 483 g/mol. The average molecular weight is 484 g/mol. The zero-order chi connectivity index (χ0) is 24.5. The van der Waals surface area contributed by atoms with E-state index in [-0.39, 0.29) is 18.6 Å². The highest BCUT2D eigenvalue weighted by atomic mass is 16.7. The number of benzene rings is 3. The van der Waals surface area contributed by atoms with Crippen LogP contribution >= 0.6 is 0 Å². The fourth-order valence-electron chi connectivity index (χ4n) is 5.02. The lowest BCUT2D eigenvalue weighted by atomic mass is 10.1. The van der Waals surface area contributed by atoms with E-state index < -0.39 is 0 Å². The van der Waals surface area contributed by atoms with Crippen molar-refractivity contribution in [2.75, 3.05) is 24.8 Å². The molecule has 1 saturated heterocycles. The lowest BCUT2D eigenvalue weighted by Gasteiger charge is -2.18. The predicted molar refractivity (Wildman–Crippen MR) is 138 cm³/mol. The summed E-state index contributed by atoms with van der Waals surface area (Å²) >= 11 is 0. The molecule has 2 aliphatic heterocycles. The largest absolute Gasteiger partial charge is 0.494 e. The lowest BCUT2D eigenvalue weighted by Crippen LogP contribution is -2.24. The third-order valence-corrected chi connectivity index (χ3v) is 6.91. The third kappa shape index (κ3) is 4.37. The smallest absolute Gasteiger partial charge is 0.231 e. The van der Waals surface area contributed by atoms with Crippen molar-refractivity contribution in [1.82, 2.24) is 9.55 Å². The van der Waals surface area contributed by atoms with Crippen molar-refractivity contribution < 1.29 is 19.0 Å². The molecule has 1 fully saturated rings. The Morgan fingerprint density at radius 1 is 1.00 bits per heavy atom. The molecule has 6 rings (SSSR count). The Balaban J connectivity index is 1.16. The van der Waals surface area contributed by atoms with E-state index >= 15 is 0 Å². The second-order valence-electron chi connectivity index (χ2n) is 9.42. The van der Waals surface area contributed by atoms with Crippen LogP contribution in [0.1, 0.15) is 36.6 Å². The van der Waals surface area contributed by atoms with Crippen molar-refractivity contribution in [2.24, 2.45) is 0 Å². The number of aryl methyl sites for hydroxylation is 2. The molecule has 0 saturated carbocycles. The minimum absolute atomic E-state index is 0.0270. The van der Waals surface area contributed by atoms with Gasteiger partial charge in [0.2, 0.25) is 12.7 Å². The van der Waals surface area contributed by atoms with Crippen LogP contribution < -0.4 is 19.1 Å². The van der Waals surface area contributed by atoms with Crippen molar-refractivity contribution >= 4 is 22.6 Å². The van der Waals surface area contributed by atoms with Gasteiger partial charge in [-0.05, 0) is 56.2 Å². The zero-order valence-electron chi connectivity index (χ0n) is 20.4. The summed E-state index contributed by atoms with van der Waals surface area (Å²) in [4.78, 5) is 19.9. The number of anilines is 1. The molecular formula is C29H29N3O4. The first kappa shape index (κ1) is 22.5. The number of fused-ring (bicyclic) bond motifs is 2. The highest BCUT2D eigenvalue weighted by molar-refractivity contribution is 5.97. The van der Waals surface area contributed by atoms with Crippen LogP contribution in [0.4, 0.5) is 5.69 Å². The van der Waals surface area contributed by atoms with Crippen LogP contribution in [0.15, 0.2) is 66.7 Å². The number of unbranched alkanes of at least 4 members (excludes halogenated alkanes) is 1. The number of hydrogen-bond donors (Lipinski definition) is 0. The van der Waals surface area contributed by atoms with Gasteiger partial charge in [0.05, 0.1) is 17.6 Å². The molecule has 0 radical (unpaired) electrons. The number of amides is 1. The summed E-state index contributed by atoms with van der Waals surface area (Å²) in [6.07, 6.45) is 2.34. The Kier molecular flexibility index (Phi) is 5.97. The summed E-state index contributed by atoms with van der Waals surface area (Å²) in [6, 6.07) is 22.0. The number of nitrogens with zero attached hydrogens (tertiary/aromatic N) is 3. The highest BCUT2D eigenvalue weighted by Gasteiger charge is 2.35. The van der Waals surface area contributed by atoms with Gasteiger partial charge in [-0.3, -0.25) is 4.79 Å². The van der Waals surface area contributed by atoms with Crippen LogP contribution in [0.3, 0.4) is 0 Å². The van der Waals surface area contributed by atoms with E-state index in [1.165, 1.54) is 5.56 Å². The van der Waals surface area contributed by atoms with Crippen molar-refractivity contribution in [2.45, 2.75) is 38.6 Å². The molecule has 1 amide bonds. The van der Waals surface area contributed by atoms with Crippen molar-refractivity contribution in [1.29, 1.82) is 0 Å². The number of aromatic nitrogens is 2. The topological polar surface area (TPSA) is 65.8 Å². The van der Waals surface area contributed by atoms with Gasteiger partial charge in [-0.15, -0.1) is 0 Å². The van der Waals surface area contributed by atoms with E-state index in [0.717, 1.165) is 53.4 Å². The Labute approximate surface area is 210 Å². The van der Waals surface area contributed by atoms with Gasteiger partial charge in [-0.25, -0.2) is 4.98 Å². The molecule has 7 nitrogen and oxygen atoms in total. The fourth-order valence-corrected chi connectivity index (χ4v) is 5.02. The highest BCUT2D eigenvalue weighted by Crippen LogP contribution is 2.39. The molecule has 3 aromatic carbocycles. The van der Waals surface area contributed by atoms with Gasteiger partial charge in [-0.2, -0.15) is 0 Å². The molecule has 1 unspecified atom stereocenters. The third-order valence-electron chi connectivity index (χ3n) is 6.91. The quantitative estimate of drug-likeness (QED) is 0.312. The van der Waals surface area contributed by atoms with Gasteiger partial charge in [0.25, 0.3) is 0 Å². The Morgan fingerprint density at radius 3 is 2.72 bits per heavy atom. The Hall–Kier alpha value is -4.00. The number of ether oxygens (including phenoxy) is 3. The molecule has 4 aromatic rings. The average Bonchev–Trinajstić information content (AvgIpc) is 3.61. The molecular weight excluding hydrogens is 454 g/mol. The van der Waals surface area contributed by atoms with E-state index in [4.69, 9.17) is 19.2 Å². The first-order valence-corrected chi connectivity index (χ1v) is 12.5. The summed E-state index contributed by atoms with van der Waals surface area (Å²) in [6.45, 7) is 4.39. The Bertz CT molecular complexity index is 1400. The minimum Gasteiger partial charge on any atom is -0.494 e. The maximum Gasteiger partial charge on any atom is 0.231 e. The SMILES string of the molecule is Cc1ccc(OCCCCn2c(C3CC(=O)N(c4ccc5c(c4)OCO5)C3)nc3ccccc32)cc1. The van der Waals surface area contributed by atoms with Crippen LogP contribution in [-0.2, 0) is 11.3 Å². The maximum atomic E-state index is 13.0. The first-order chi connectivity index (χ1) is 17.7. The molecule has 0 bridgehead atoms. The normalized spacial score (nSPS) is 16.8. The molecule has 2 aliphatic rings. The minimum atomic E-state index is 0.0270. The number of carbonyl (C=O) groups excluding carboxylic acids is 1. The van der Waals surface area contributed by atoms with Gasteiger partial charge < -0.3 is 23.7 Å². The molecule has 3 heterocycles. The molecule has 0 aliphatic carbocycles. The van der Waals surface area contributed by atoms with Crippen molar-refractivity contribution in [3.05, 3.63) is 78.1 Å². The molecule has 1 aromatic heterocycles. The van der Waals surface area contributed by atoms with E-state index in [9.17, 15) is 4.79 Å². The lowest BCUT2D eigenvalue weighted by molar-refractivity contribution is -0.117. The number of imidazole rings is 1. The van der Waals surface area contributed by atoms with Crippen LogP contribution in [0.5, 0.6) is 17.2 Å². The van der Waals surface area contributed by atoms with Gasteiger partial charge in [-0.1, -0.05) is 29.8 Å². The number of rotatable bonds is 8. The van der Waals surface area contributed by atoms with Gasteiger partial charge >= 0.3 is 0 Å². The molecule has 184 valence electrons. The van der Waals surface area contributed by atoms with Crippen molar-refractivity contribution in [3.8, 4) is 17.2 Å². The van der Waals surface area contributed by atoms with Crippen LogP contribution in [0.2, 0.25) is 0 Å². The summed E-state index contributed by atoms with van der Waals surface area (Å²) in [7, 11) is 0. The maximum absolute atomic E-state index is 13.0. The van der Waals surface area contributed by atoms with E-state index in [1.807, 2.05) is 53.4 Å². The summed E-state index contributed by atoms with van der Waals surface area (Å²) in [5.74, 6) is 3.41. The van der Waals surface area contributed by atoms with E-state index in [2.05, 4.69) is 29.7 Å². The number of hydrogen-bond acceptors (Lipinski definition) is 5. The van der Waals surface area contributed by atoms with Gasteiger partial charge in [0.1, 0.15) is 11.6 Å². The number of para-hydroxylation sites is 2. The summed E-state index contributed by atoms with van der Waals surface area (Å²) in [5, 5.41) is 0. The van der Waals surface area contributed by atoms with Crippen LogP contribution in [0, 0.1) is 6.92 Å². The Morgan fingerprint density at radius 2 is 1.83 bits per heavy atom. The first-order valence-electron chi connectivity index (χ1n) is 12.5.